The molecule has 6 nitrogen and oxygen atoms in total. The summed E-state index contributed by atoms with van der Waals surface area (Å²) < 4.78 is 12.9. The molecule has 3 rings (SSSR count). The normalized spacial score (nSPS) is 10.6. The van der Waals surface area contributed by atoms with Crippen LogP contribution in [0, 0.1) is 6.92 Å². The van der Waals surface area contributed by atoms with E-state index in [0.717, 1.165) is 34.7 Å². The molecule has 1 heterocycles. The van der Waals surface area contributed by atoms with Crippen LogP contribution in [0.4, 0.5) is 5.82 Å². The molecule has 29 heavy (non-hydrogen) atoms. The van der Waals surface area contributed by atoms with E-state index in [2.05, 4.69) is 10.3 Å². The highest BCUT2D eigenvalue weighted by Crippen LogP contribution is 2.28. The van der Waals surface area contributed by atoms with Crippen molar-refractivity contribution in [3.05, 3.63) is 76.3 Å². The van der Waals surface area contributed by atoms with Gasteiger partial charge in [0.1, 0.15) is 0 Å². The van der Waals surface area contributed by atoms with Crippen LogP contribution in [0.15, 0.2) is 59.7 Å². The highest BCUT2D eigenvalue weighted by atomic mass is 16.5. The second-order valence-corrected chi connectivity index (χ2v) is 6.61. The zero-order valence-corrected chi connectivity index (χ0v) is 17.1. The van der Waals surface area contributed by atoms with Gasteiger partial charge in [-0.3, -0.25) is 9.36 Å². The summed E-state index contributed by atoms with van der Waals surface area (Å²) in [5.74, 6) is 1.83. The summed E-state index contributed by atoms with van der Waals surface area (Å²) in [4.78, 5) is 17.0. The standard InChI is InChI=1S/C23H27N3O3/c1-4-28-20-10-9-18(16-21(20)29-5-2)11-12-24-22-23(27)26(14-13-25-22)19-8-6-7-17(3)15-19/h6-10,13-16H,4-5,11-12H2,1-3H3,(H,24,25). The molecule has 6 heteroatoms. The summed E-state index contributed by atoms with van der Waals surface area (Å²) in [5, 5.41) is 3.16. The van der Waals surface area contributed by atoms with Crippen molar-refractivity contribution in [1.82, 2.24) is 9.55 Å². The van der Waals surface area contributed by atoms with Crippen LogP contribution in [-0.2, 0) is 6.42 Å². The SMILES string of the molecule is CCOc1ccc(CCNc2nccn(-c3cccc(C)c3)c2=O)cc1OCC. The third kappa shape index (κ3) is 5.16. The second-order valence-electron chi connectivity index (χ2n) is 6.61. The van der Waals surface area contributed by atoms with Crippen LogP contribution in [0.2, 0.25) is 0 Å². The van der Waals surface area contributed by atoms with Crippen molar-refractivity contribution in [2.24, 2.45) is 0 Å². The zero-order chi connectivity index (χ0) is 20.6. The molecule has 0 bridgehead atoms. The molecule has 0 unspecified atom stereocenters. The van der Waals surface area contributed by atoms with Gasteiger partial charge in [0.15, 0.2) is 17.3 Å². The number of nitrogens with one attached hydrogen (secondary N) is 1. The van der Waals surface area contributed by atoms with Crippen LogP contribution >= 0.6 is 0 Å². The van der Waals surface area contributed by atoms with E-state index in [0.29, 0.717) is 25.6 Å². The maximum Gasteiger partial charge on any atom is 0.297 e. The Hall–Kier alpha value is -3.28. The van der Waals surface area contributed by atoms with E-state index < -0.39 is 0 Å². The van der Waals surface area contributed by atoms with E-state index in [1.165, 1.54) is 0 Å². The summed E-state index contributed by atoms with van der Waals surface area (Å²) in [5.41, 5.74) is 2.86. The van der Waals surface area contributed by atoms with Gasteiger partial charge in [0.05, 0.1) is 13.2 Å². The molecule has 3 aromatic rings. The van der Waals surface area contributed by atoms with Crippen molar-refractivity contribution in [2.75, 3.05) is 25.1 Å². The van der Waals surface area contributed by atoms with Gasteiger partial charge in [0, 0.05) is 24.6 Å². The molecule has 1 N–H and O–H groups in total. The first-order valence-corrected chi connectivity index (χ1v) is 9.89. The first kappa shape index (κ1) is 20.5. The van der Waals surface area contributed by atoms with Crippen molar-refractivity contribution in [1.29, 1.82) is 0 Å². The molecule has 2 aromatic carbocycles. The molecule has 0 fully saturated rings. The predicted octanol–water partition coefficient (Wildman–Crippen LogP) is 3.99. The fourth-order valence-electron chi connectivity index (χ4n) is 3.09. The third-order valence-electron chi connectivity index (χ3n) is 4.43. The number of rotatable bonds is 9. The Morgan fingerprint density at radius 1 is 1.03 bits per heavy atom. The monoisotopic (exact) mass is 393 g/mol. The largest absolute Gasteiger partial charge is 0.490 e. The van der Waals surface area contributed by atoms with Gasteiger partial charge in [-0.15, -0.1) is 0 Å². The lowest BCUT2D eigenvalue weighted by Crippen LogP contribution is -2.24. The number of ether oxygens (including phenoxy) is 2. The maximum atomic E-state index is 12.8. The topological polar surface area (TPSA) is 65.4 Å². The minimum Gasteiger partial charge on any atom is -0.490 e. The van der Waals surface area contributed by atoms with Crippen LogP contribution < -0.4 is 20.3 Å². The van der Waals surface area contributed by atoms with Crippen molar-refractivity contribution >= 4 is 5.82 Å². The summed E-state index contributed by atoms with van der Waals surface area (Å²) in [6, 6.07) is 13.7. The summed E-state index contributed by atoms with van der Waals surface area (Å²) in [6.45, 7) is 7.65. The highest BCUT2D eigenvalue weighted by molar-refractivity contribution is 5.44. The lowest BCUT2D eigenvalue weighted by atomic mass is 10.1. The molecule has 0 amide bonds. The molecular weight excluding hydrogens is 366 g/mol. The number of aryl methyl sites for hydroxylation is 1. The average Bonchev–Trinajstić information content (AvgIpc) is 2.71. The number of anilines is 1. The summed E-state index contributed by atoms with van der Waals surface area (Å²) >= 11 is 0. The van der Waals surface area contributed by atoms with E-state index in [4.69, 9.17) is 9.47 Å². The molecule has 0 saturated carbocycles. The number of benzene rings is 2. The van der Waals surface area contributed by atoms with Gasteiger partial charge in [-0.05, 0) is 62.6 Å². The first-order valence-electron chi connectivity index (χ1n) is 9.89. The Bertz CT molecular complexity index is 1010. The summed E-state index contributed by atoms with van der Waals surface area (Å²) in [6.07, 6.45) is 4.05. The Kier molecular flexibility index (Phi) is 6.89. The van der Waals surface area contributed by atoms with Crippen LogP contribution in [0.25, 0.3) is 5.69 Å². The molecule has 0 atom stereocenters. The number of hydrogen-bond acceptors (Lipinski definition) is 5. The van der Waals surface area contributed by atoms with E-state index >= 15 is 0 Å². The zero-order valence-electron chi connectivity index (χ0n) is 17.1. The van der Waals surface area contributed by atoms with E-state index in [-0.39, 0.29) is 5.56 Å². The molecule has 152 valence electrons. The van der Waals surface area contributed by atoms with Gasteiger partial charge in [-0.1, -0.05) is 18.2 Å². The molecule has 1 aromatic heterocycles. The molecular formula is C23H27N3O3. The smallest absolute Gasteiger partial charge is 0.297 e. The van der Waals surface area contributed by atoms with Gasteiger partial charge in [-0.25, -0.2) is 4.98 Å². The first-order chi connectivity index (χ1) is 14.1. The van der Waals surface area contributed by atoms with Crippen LogP contribution in [0.5, 0.6) is 11.5 Å². The minimum atomic E-state index is -0.167. The van der Waals surface area contributed by atoms with Crippen LogP contribution in [0.3, 0.4) is 0 Å². The fraction of sp³-hybridized carbons (Fsp3) is 0.304. The van der Waals surface area contributed by atoms with Crippen molar-refractivity contribution in [2.45, 2.75) is 27.2 Å². The van der Waals surface area contributed by atoms with Gasteiger partial charge in [0.25, 0.3) is 5.56 Å². The Labute approximate surface area is 171 Å². The summed E-state index contributed by atoms with van der Waals surface area (Å²) in [7, 11) is 0. The van der Waals surface area contributed by atoms with Gasteiger partial charge in [-0.2, -0.15) is 0 Å². The van der Waals surface area contributed by atoms with Gasteiger partial charge >= 0.3 is 0 Å². The van der Waals surface area contributed by atoms with Crippen molar-refractivity contribution in [3.63, 3.8) is 0 Å². The third-order valence-corrected chi connectivity index (χ3v) is 4.43. The predicted molar refractivity (Wildman–Crippen MR) is 116 cm³/mol. The Balaban J connectivity index is 1.70. The Morgan fingerprint density at radius 3 is 2.59 bits per heavy atom. The lowest BCUT2D eigenvalue weighted by molar-refractivity contribution is 0.287. The quantitative estimate of drug-likeness (QED) is 0.595. The maximum absolute atomic E-state index is 12.8. The molecule has 0 saturated heterocycles. The molecule has 0 aliphatic carbocycles. The van der Waals surface area contributed by atoms with Crippen LogP contribution in [0.1, 0.15) is 25.0 Å². The van der Waals surface area contributed by atoms with E-state index in [9.17, 15) is 4.79 Å². The second kappa shape index (κ2) is 9.78. The molecule has 0 radical (unpaired) electrons. The molecule has 0 spiro atoms. The van der Waals surface area contributed by atoms with E-state index in [1.54, 1.807) is 17.0 Å². The van der Waals surface area contributed by atoms with Gasteiger partial charge < -0.3 is 14.8 Å². The molecule has 0 aliphatic heterocycles. The highest BCUT2D eigenvalue weighted by Gasteiger charge is 2.08. The minimum absolute atomic E-state index is 0.167. The number of nitrogens with zero attached hydrogens (tertiary/aromatic N) is 2. The van der Waals surface area contributed by atoms with Crippen molar-refractivity contribution in [3.8, 4) is 17.2 Å². The van der Waals surface area contributed by atoms with Crippen molar-refractivity contribution < 1.29 is 9.47 Å². The fourth-order valence-corrected chi connectivity index (χ4v) is 3.09. The van der Waals surface area contributed by atoms with Crippen LogP contribution in [-0.4, -0.2) is 29.3 Å². The molecule has 0 aliphatic rings. The van der Waals surface area contributed by atoms with Gasteiger partial charge in [0.2, 0.25) is 0 Å². The lowest BCUT2D eigenvalue weighted by Gasteiger charge is -2.13. The number of aromatic nitrogens is 2. The average molecular weight is 393 g/mol. The Morgan fingerprint density at radius 2 is 1.83 bits per heavy atom. The van der Waals surface area contributed by atoms with E-state index in [1.807, 2.05) is 63.2 Å². The number of hydrogen-bond donors (Lipinski definition) is 1.